The average Bonchev–Trinajstić information content (AvgIpc) is 3.34. The summed E-state index contributed by atoms with van der Waals surface area (Å²) in [6.45, 7) is 1.93. The van der Waals surface area contributed by atoms with Gasteiger partial charge >= 0.3 is 0 Å². The molecule has 5 aromatic carbocycles. The first-order valence-corrected chi connectivity index (χ1v) is 11.9. The van der Waals surface area contributed by atoms with E-state index >= 15 is 0 Å². The Bertz CT molecular complexity index is 1920. The van der Waals surface area contributed by atoms with Gasteiger partial charge in [0.25, 0.3) is 0 Å². The largest absolute Gasteiger partial charge is 0.455 e. The molecule has 1 unspecified atom stereocenters. The van der Waals surface area contributed by atoms with E-state index in [4.69, 9.17) is 10.8 Å². The molecule has 0 aliphatic rings. The second-order valence-electron chi connectivity index (χ2n) is 9.00. The van der Waals surface area contributed by atoms with Gasteiger partial charge in [-0.15, -0.1) is 0 Å². The molecule has 7 rings (SSSR count). The van der Waals surface area contributed by atoms with Crippen molar-refractivity contribution >= 4 is 43.5 Å². The lowest BCUT2D eigenvalue weighted by Gasteiger charge is -2.13. The molecule has 0 amide bonds. The van der Waals surface area contributed by atoms with E-state index in [1.807, 2.05) is 49.4 Å². The van der Waals surface area contributed by atoms with E-state index in [0.717, 1.165) is 49.7 Å². The Hall–Kier alpha value is -4.43. The summed E-state index contributed by atoms with van der Waals surface area (Å²) in [5.74, 6) is -0.896. The molecule has 2 heterocycles. The summed E-state index contributed by atoms with van der Waals surface area (Å²) in [6, 6.07) is 37.1. The van der Waals surface area contributed by atoms with Crippen molar-refractivity contribution in [2.75, 3.05) is 0 Å². The Morgan fingerprint density at radius 1 is 0.629 bits per heavy atom. The van der Waals surface area contributed by atoms with Crippen molar-refractivity contribution in [1.82, 2.24) is 4.98 Å². The van der Waals surface area contributed by atoms with Crippen LogP contribution in [0.4, 0.5) is 0 Å². The van der Waals surface area contributed by atoms with Crippen molar-refractivity contribution in [1.29, 1.82) is 0 Å². The van der Waals surface area contributed by atoms with Crippen LogP contribution in [0.1, 0.15) is 25.3 Å². The van der Waals surface area contributed by atoms with E-state index in [1.165, 1.54) is 16.2 Å². The molecule has 35 heavy (non-hydrogen) atoms. The van der Waals surface area contributed by atoms with Crippen LogP contribution in [0, 0.1) is 0 Å². The van der Waals surface area contributed by atoms with E-state index in [1.54, 1.807) is 6.20 Å². The van der Waals surface area contributed by atoms with E-state index in [2.05, 4.69) is 66.7 Å². The van der Waals surface area contributed by atoms with Crippen LogP contribution in [0.25, 0.3) is 54.7 Å². The van der Waals surface area contributed by atoms with Gasteiger partial charge in [0.2, 0.25) is 0 Å². The fourth-order valence-electron chi connectivity index (χ4n) is 5.30. The number of nitrogens with zero attached hydrogens (tertiary/aromatic N) is 1. The number of hydrogen-bond donors (Lipinski definition) is 0. The highest BCUT2D eigenvalue weighted by molar-refractivity contribution is 6.30. The number of aromatic nitrogens is 1. The molecule has 0 aliphatic heterocycles. The van der Waals surface area contributed by atoms with Gasteiger partial charge < -0.3 is 4.42 Å². The highest BCUT2D eigenvalue weighted by Crippen LogP contribution is 2.43. The maximum atomic E-state index is 9.15. The summed E-state index contributed by atoms with van der Waals surface area (Å²) < 4.78 is 15.8. The topological polar surface area (TPSA) is 26.0 Å². The Morgan fingerprint density at radius 3 is 2.09 bits per heavy atom. The van der Waals surface area contributed by atoms with Crippen LogP contribution in [0.5, 0.6) is 0 Å². The molecule has 0 fully saturated rings. The van der Waals surface area contributed by atoms with Gasteiger partial charge in [-0.1, -0.05) is 97.9 Å². The lowest BCUT2D eigenvalue weighted by Crippen LogP contribution is -1.97. The SMILES string of the molecule is [2H]C(C)(c1ccccc1)c1ccnc(-c2cccc3c2oc2c4ccccc4c4ccccc4c32)c1. The average molecular weight is 451 g/mol. The minimum atomic E-state index is -0.896. The second kappa shape index (κ2) is 7.82. The van der Waals surface area contributed by atoms with E-state index in [0.29, 0.717) is 0 Å². The van der Waals surface area contributed by atoms with Gasteiger partial charge in [0.1, 0.15) is 11.2 Å². The summed E-state index contributed by atoms with van der Waals surface area (Å²) >= 11 is 0. The molecule has 2 nitrogen and oxygen atoms in total. The van der Waals surface area contributed by atoms with Crippen LogP contribution in [-0.4, -0.2) is 4.98 Å². The highest BCUT2D eigenvalue weighted by Gasteiger charge is 2.19. The van der Waals surface area contributed by atoms with Crippen molar-refractivity contribution in [3.8, 4) is 11.3 Å². The number of hydrogen-bond acceptors (Lipinski definition) is 2. The number of fused-ring (bicyclic) bond motifs is 8. The van der Waals surface area contributed by atoms with E-state index in [-0.39, 0.29) is 0 Å². The summed E-state index contributed by atoms with van der Waals surface area (Å²) in [6.07, 6.45) is 1.80. The maximum absolute atomic E-state index is 9.15. The molecule has 0 radical (unpaired) electrons. The zero-order valence-corrected chi connectivity index (χ0v) is 19.3. The standard InChI is InChI=1S/C33H23NO/c1-21(22-10-3-2-4-11-22)23-18-19-34-30(20-23)28-16-9-17-29-31-26-14-7-5-12-24(26)25-13-6-8-15-27(25)33(31)35-32(28)29/h2-21H,1H3/i21D. The number of rotatable bonds is 3. The monoisotopic (exact) mass is 450 g/mol. The normalized spacial score (nSPS) is 13.9. The van der Waals surface area contributed by atoms with Crippen LogP contribution in [-0.2, 0) is 0 Å². The lowest BCUT2D eigenvalue weighted by molar-refractivity contribution is 0.673. The highest BCUT2D eigenvalue weighted by atomic mass is 16.3. The fourth-order valence-corrected chi connectivity index (χ4v) is 5.30. The zero-order chi connectivity index (χ0) is 24.3. The van der Waals surface area contributed by atoms with Crippen molar-refractivity contribution in [3.63, 3.8) is 0 Å². The Morgan fingerprint density at radius 2 is 1.29 bits per heavy atom. The number of furan rings is 1. The maximum Gasteiger partial charge on any atom is 0.144 e. The zero-order valence-electron chi connectivity index (χ0n) is 20.3. The third kappa shape index (κ3) is 3.07. The molecule has 2 aromatic heterocycles. The Balaban J connectivity index is 1.51. The predicted octanol–water partition coefficient (Wildman–Crippen LogP) is 9.11. The first kappa shape index (κ1) is 18.9. The molecule has 0 aliphatic carbocycles. The van der Waals surface area contributed by atoms with Crippen molar-refractivity contribution in [3.05, 3.63) is 127 Å². The quantitative estimate of drug-likeness (QED) is 0.251. The van der Waals surface area contributed by atoms with Crippen LogP contribution in [0.15, 0.2) is 120 Å². The third-order valence-corrected chi connectivity index (χ3v) is 7.05. The first-order valence-electron chi connectivity index (χ1n) is 12.4. The van der Waals surface area contributed by atoms with Crippen LogP contribution >= 0.6 is 0 Å². The summed E-state index contributed by atoms with van der Waals surface area (Å²) in [4.78, 5) is 4.72. The third-order valence-electron chi connectivity index (χ3n) is 7.05. The van der Waals surface area contributed by atoms with Gasteiger partial charge in [-0.05, 0) is 45.5 Å². The Labute approximate surface area is 204 Å². The van der Waals surface area contributed by atoms with Crippen LogP contribution in [0.2, 0.25) is 0 Å². The minimum absolute atomic E-state index is 0.806. The molecular formula is C33H23NO. The minimum Gasteiger partial charge on any atom is -0.455 e. The van der Waals surface area contributed by atoms with Crippen molar-refractivity contribution in [2.45, 2.75) is 12.8 Å². The summed E-state index contributed by atoms with van der Waals surface area (Å²) in [7, 11) is 0. The van der Waals surface area contributed by atoms with Crippen molar-refractivity contribution < 1.29 is 5.79 Å². The molecule has 7 aromatic rings. The molecule has 0 N–H and O–H groups in total. The fraction of sp³-hybridized carbons (Fsp3) is 0.0606. The molecule has 0 saturated heterocycles. The van der Waals surface area contributed by atoms with E-state index in [9.17, 15) is 0 Å². The summed E-state index contributed by atoms with van der Waals surface area (Å²) in [5.41, 5.74) is 5.30. The van der Waals surface area contributed by atoms with Crippen LogP contribution < -0.4 is 0 Å². The van der Waals surface area contributed by atoms with Gasteiger partial charge in [0, 0.05) is 35.2 Å². The van der Waals surface area contributed by atoms with Crippen LogP contribution in [0.3, 0.4) is 0 Å². The molecule has 0 bridgehead atoms. The molecule has 0 spiro atoms. The van der Waals surface area contributed by atoms with Gasteiger partial charge in [-0.3, -0.25) is 4.98 Å². The van der Waals surface area contributed by atoms with Gasteiger partial charge in [-0.2, -0.15) is 0 Å². The molecule has 1 atom stereocenters. The molecule has 2 heteroatoms. The lowest BCUT2D eigenvalue weighted by atomic mass is 9.92. The number of pyridine rings is 1. The predicted molar refractivity (Wildman–Crippen MR) is 146 cm³/mol. The second-order valence-corrected chi connectivity index (χ2v) is 9.00. The Kier molecular flexibility index (Phi) is 4.23. The number of para-hydroxylation sites is 1. The first-order chi connectivity index (χ1) is 17.6. The molecule has 166 valence electrons. The smallest absolute Gasteiger partial charge is 0.144 e. The summed E-state index contributed by atoms with van der Waals surface area (Å²) in [5, 5.41) is 6.92. The molecule has 0 saturated carbocycles. The van der Waals surface area contributed by atoms with Gasteiger partial charge in [-0.25, -0.2) is 0 Å². The number of benzene rings is 5. The van der Waals surface area contributed by atoms with Gasteiger partial charge in [0.15, 0.2) is 0 Å². The van der Waals surface area contributed by atoms with Crippen molar-refractivity contribution in [2.24, 2.45) is 0 Å². The van der Waals surface area contributed by atoms with E-state index < -0.39 is 5.89 Å². The molecular weight excluding hydrogens is 426 g/mol. The van der Waals surface area contributed by atoms with Gasteiger partial charge in [0.05, 0.1) is 5.69 Å².